The number of carbonyl (C=O) groups is 7. The van der Waals surface area contributed by atoms with Gasteiger partial charge in [0.15, 0.2) is 0 Å². The van der Waals surface area contributed by atoms with Crippen molar-refractivity contribution in [3.05, 3.63) is 139 Å². The molecule has 0 aliphatic heterocycles. The van der Waals surface area contributed by atoms with Gasteiger partial charge in [0, 0.05) is 55.4 Å². The molecule has 0 radical (unpaired) electrons. The minimum absolute atomic E-state index is 0.00595. The van der Waals surface area contributed by atoms with E-state index in [0.29, 0.717) is 16.7 Å². The lowest BCUT2D eigenvalue weighted by atomic mass is 10.1. The van der Waals surface area contributed by atoms with Crippen molar-refractivity contribution in [3.8, 4) is 17.2 Å². The van der Waals surface area contributed by atoms with Crippen molar-refractivity contribution in [2.75, 3.05) is 13.2 Å². The number of aliphatic carboxylic acids is 3. The number of amides is 3. The number of carboxylic acid groups (broad SMARTS) is 3. The zero-order valence-electron chi connectivity index (χ0n) is 33.5. The topological polar surface area (TPSA) is 343 Å². The number of esters is 1. The summed E-state index contributed by atoms with van der Waals surface area (Å²) in [5, 5.41) is 34.8. The molecule has 3 rings (SSSR count). The van der Waals surface area contributed by atoms with Crippen LogP contribution in [0.25, 0.3) is 0 Å². The number of hydrogen-bond acceptors (Lipinski definition) is 16. The molecular weight excluding hydrogens is 885 g/mol. The predicted molar refractivity (Wildman–Crippen MR) is 228 cm³/mol. The summed E-state index contributed by atoms with van der Waals surface area (Å²) >= 11 is 5.81. The molecular formula is C41H44N3O18PS. The van der Waals surface area contributed by atoms with Gasteiger partial charge in [-0.3, -0.25) is 0 Å². The van der Waals surface area contributed by atoms with E-state index in [1.54, 1.807) is 0 Å². The lowest BCUT2D eigenvalue weighted by molar-refractivity contribution is -0.138. The lowest BCUT2D eigenvalue weighted by Gasteiger charge is -2.24. The van der Waals surface area contributed by atoms with E-state index in [4.69, 9.17) is 77.2 Å². The summed E-state index contributed by atoms with van der Waals surface area (Å²) in [6, 6.07) is 18.0. The van der Waals surface area contributed by atoms with Crippen LogP contribution in [0.3, 0.4) is 0 Å². The molecule has 0 spiro atoms. The fourth-order valence-electron chi connectivity index (χ4n) is 4.93. The predicted octanol–water partition coefficient (Wildman–Crippen LogP) is 5.66. The summed E-state index contributed by atoms with van der Waals surface area (Å²) in [7, 11) is 0. The maximum Gasteiger partial charge on any atom is 0.490 e. The van der Waals surface area contributed by atoms with Crippen LogP contribution in [0.5, 0.6) is 17.2 Å². The highest BCUT2D eigenvalue weighted by atomic mass is 32.5. The van der Waals surface area contributed by atoms with Crippen LogP contribution >= 0.6 is 6.72 Å². The molecule has 3 aromatic carbocycles. The molecule has 0 bridgehead atoms. The first-order chi connectivity index (χ1) is 30.3. The van der Waals surface area contributed by atoms with Crippen molar-refractivity contribution in [3.63, 3.8) is 0 Å². The molecule has 10 N–H and O–H groups in total. The van der Waals surface area contributed by atoms with Gasteiger partial charge in [-0.2, -0.15) is 0 Å². The van der Waals surface area contributed by atoms with E-state index in [1.807, 2.05) is 0 Å². The van der Waals surface area contributed by atoms with Gasteiger partial charge in [-0.1, -0.05) is 61.2 Å². The molecule has 3 aromatic rings. The second-order valence-corrected chi connectivity index (χ2v) is 15.0. The Morgan fingerprint density at radius 1 is 0.562 bits per heavy atom. The fraction of sp³-hybridized carbons (Fsp3) is 0.195. The van der Waals surface area contributed by atoms with E-state index >= 15 is 0 Å². The first-order valence-electron chi connectivity index (χ1n) is 18.3. The molecule has 21 nitrogen and oxygen atoms in total. The van der Waals surface area contributed by atoms with Crippen LogP contribution < -0.4 is 30.8 Å². The van der Waals surface area contributed by atoms with Crippen molar-refractivity contribution < 1.29 is 86.5 Å². The maximum atomic E-state index is 11.5. The number of hydrogen-bond donors (Lipinski definition) is 7. The summed E-state index contributed by atoms with van der Waals surface area (Å²) in [5.74, 6) is -3.65. The monoisotopic (exact) mass is 929 g/mol. The van der Waals surface area contributed by atoms with Crippen molar-refractivity contribution in [1.29, 1.82) is 0 Å². The summed E-state index contributed by atoms with van der Waals surface area (Å²) < 4.78 is 38.1. The molecule has 0 aliphatic carbocycles. The molecule has 342 valence electrons. The van der Waals surface area contributed by atoms with E-state index in [0.717, 1.165) is 24.3 Å². The van der Waals surface area contributed by atoms with Gasteiger partial charge in [-0.25, -0.2) is 33.6 Å². The zero-order valence-corrected chi connectivity index (χ0v) is 35.2. The highest BCUT2D eigenvalue weighted by molar-refractivity contribution is 8.08. The average molecular weight is 930 g/mol. The van der Waals surface area contributed by atoms with Crippen molar-refractivity contribution in [2.45, 2.75) is 37.6 Å². The third-order valence-electron chi connectivity index (χ3n) is 7.52. The third-order valence-corrected chi connectivity index (χ3v) is 9.49. The van der Waals surface area contributed by atoms with Gasteiger partial charge in [0.25, 0.3) is 0 Å². The smallest absolute Gasteiger partial charge is 0.478 e. The average Bonchev–Trinajstić information content (AvgIpc) is 3.22. The Balaban J connectivity index is 0.00000160. The van der Waals surface area contributed by atoms with Gasteiger partial charge in [-0.15, -0.1) is 0 Å². The number of ether oxygens (including phenoxy) is 4. The van der Waals surface area contributed by atoms with Crippen molar-refractivity contribution >= 4 is 60.7 Å². The maximum absolute atomic E-state index is 11.5. The standard InChI is InChI=1S/C36H36N3O15PS.C5H8O3/c37-34(46)49-28(4-1-7-31(40)41)22-10-16-25(17-11-22)52-55(56,53-26-18-12-23(13-19-26)29(50-35(38)47)5-2-8-32(42)43)54-27-20-14-24(15-21-27)30(51-36(39)48)6-3-9-33(44)45;1-2-5(7)8-4-3-6/h1-3,7-21,28-30H,4-6H2,(H2,37,46)(H2,38,47)(H2,39,48)(H,40,41)(H,42,43)(H,44,45);2,6H,1,3-4H2. The van der Waals surface area contributed by atoms with Crippen molar-refractivity contribution in [2.24, 2.45) is 17.2 Å². The van der Waals surface area contributed by atoms with Gasteiger partial charge in [-0.05, 0) is 53.1 Å². The first kappa shape index (κ1) is 52.5. The summed E-state index contributed by atoms with van der Waals surface area (Å²) in [5.41, 5.74) is 16.9. The van der Waals surface area contributed by atoms with Crippen molar-refractivity contribution in [1.82, 2.24) is 0 Å². The number of nitrogens with two attached hydrogens (primary N) is 3. The zero-order chi connectivity index (χ0) is 47.7. The quantitative estimate of drug-likeness (QED) is 0.0247. The van der Waals surface area contributed by atoms with Crippen LogP contribution in [0.4, 0.5) is 14.4 Å². The highest BCUT2D eigenvalue weighted by Crippen LogP contribution is 2.50. The van der Waals surface area contributed by atoms with Gasteiger partial charge in [0.2, 0.25) is 0 Å². The molecule has 0 saturated carbocycles. The molecule has 0 aromatic heterocycles. The molecule has 64 heavy (non-hydrogen) atoms. The van der Waals surface area contributed by atoms with Gasteiger partial charge in [0.1, 0.15) is 42.2 Å². The van der Waals surface area contributed by atoms with Crippen LogP contribution in [0, 0.1) is 0 Å². The Kier molecular flexibility index (Phi) is 22.4. The third kappa shape index (κ3) is 21.2. The molecule has 0 fully saturated rings. The molecule has 0 aliphatic rings. The fourth-order valence-corrected chi connectivity index (χ4v) is 6.96. The number of rotatable bonds is 24. The van der Waals surface area contributed by atoms with Crippen LogP contribution in [-0.2, 0) is 49.9 Å². The Morgan fingerprint density at radius 2 is 0.844 bits per heavy atom. The summed E-state index contributed by atoms with van der Waals surface area (Å²) in [6.07, 6.45) is 1.53. The molecule has 0 saturated heterocycles. The Labute approximate surface area is 370 Å². The SMILES string of the molecule is C=CC(=O)OCCO.NC(=O)OC(CC=CC(=O)O)c1ccc(OP(=S)(Oc2ccc(C(CC=CC(=O)O)OC(N)=O)cc2)Oc2ccc(C(CC=CC(=O)O)OC(N)=O)cc2)cc1. The number of aliphatic hydroxyl groups is 1. The molecule has 23 heteroatoms. The normalized spacial score (nSPS) is 13.1. The van der Waals surface area contributed by atoms with Crippen LogP contribution in [0.2, 0.25) is 0 Å². The van der Waals surface area contributed by atoms with E-state index in [-0.39, 0.29) is 49.7 Å². The summed E-state index contributed by atoms with van der Waals surface area (Å²) in [4.78, 5) is 77.4. The van der Waals surface area contributed by atoms with Gasteiger partial charge in [0.05, 0.1) is 6.61 Å². The minimum atomic E-state index is -3.87. The second-order valence-electron chi connectivity index (χ2n) is 12.2. The lowest BCUT2D eigenvalue weighted by Crippen LogP contribution is -2.17. The number of carbonyl (C=O) groups excluding carboxylic acids is 4. The number of benzene rings is 3. The van der Waals surface area contributed by atoms with Gasteiger partial charge < -0.3 is 70.1 Å². The van der Waals surface area contributed by atoms with Crippen LogP contribution in [0.15, 0.2) is 122 Å². The number of carboxylic acids is 3. The van der Waals surface area contributed by atoms with E-state index in [9.17, 15) is 33.6 Å². The number of primary amides is 3. The van der Waals surface area contributed by atoms with Crippen LogP contribution in [0.1, 0.15) is 54.3 Å². The first-order valence-corrected chi connectivity index (χ1v) is 20.8. The van der Waals surface area contributed by atoms with E-state index in [2.05, 4.69) is 11.3 Å². The molecule has 3 amide bonds. The molecule has 3 atom stereocenters. The molecule has 3 unspecified atom stereocenters. The largest absolute Gasteiger partial charge is 0.490 e. The number of aliphatic hydroxyl groups excluding tert-OH is 1. The molecule has 0 heterocycles. The van der Waals surface area contributed by atoms with E-state index < -0.39 is 67.2 Å². The highest BCUT2D eigenvalue weighted by Gasteiger charge is 2.28. The summed E-state index contributed by atoms with van der Waals surface area (Å²) in [6.45, 7) is -0.803. The van der Waals surface area contributed by atoms with E-state index in [1.165, 1.54) is 91.0 Å². The Bertz CT molecular complexity index is 1990. The Hall–Kier alpha value is -7.68. The minimum Gasteiger partial charge on any atom is -0.478 e. The Morgan fingerprint density at radius 3 is 1.06 bits per heavy atom. The van der Waals surface area contributed by atoms with Crippen LogP contribution in [-0.4, -0.2) is 75.8 Å². The second kappa shape index (κ2) is 27.3. The van der Waals surface area contributed by atoms with Gasteiger partial charge >= 0.3 is 48.9 Å².